The maximum absolute atomic E-state index is 6.06. The summed E-state index contributed by atoms with van der Waals surface area (Å²) in [4.78, 5) is 4.30. The van der Waals surface area contributed by atoms with Crippen molar-refractivity contribution in [3.63, 3.8) is 0 Å². The first kappa shape index (κ1) is 15.3. The highest BCUT2D eigenvalue weighted by molar-refractivity contribution is 6.31. The minimum Gasteiger partial charge on any atom is -0.434 e. The molecule has 5 nitrogen and oxygen atoms in total. The summed E-state index contributed by atoms with van der Waals surface area (Å²) < 4.78 is 5.80. The average Bonchev–Trinajstić information content (AvgIpc) is 2.46. The highest BCUT2D eigenvalue weighted by atomic mass is 35.5. The van der Waals surface area contributed by atoms with Crippen molar-refractivity contribution in [1.82, 2.24) is 15.1 Å². The van der Waals surface area contributed by atoms with E-state index in [1.807, 2.05) is 12.1 Å². The molecule has 0 bridgehead atoms. The summed E-state index contributed by atoms with van der Waals surface area (Å²) in [5.41, 5.74) is 1.79. The number of hydrogen-bond acceptors (Lipinski definition) is 5. The molecule has 2 aromatic rings. The van der Waals surface area contributed by atoms with E-state index in [-0.39, 0.29) is 0 Å². The fourth-order valence-electron chi connectivity index (χ4n) is 2.43. The van der Waals surface area contributed by atoms with E-state index in [1.165, 1.54) is 0 Å². The maximum atomic E-state index is 6.06. The lowest BCUT2D eigenvalue weighted by atomic mass is 10.2. The minimum absolute atomic E-state index is 0.345. The van der Waals surface area contributed by atoms with Crippen LogP contribution in [0.1, 0.15) is 6.42 Å². The Bertz CT molecular complexity index is 693. The van der Waals surface area contributed by atoms with Crippen LogP contribution in [0.25, 0.3) is 0 Å². The van der Waals surface area contributed by atoms with Crippen molar-refractivity contribution in [3.05, 3.63) is 34.4 Å². The summed E-state index contributed by atoms with van der Waals surface area (Å²) in [5, 5.41) is 8.86. The third-order valence-corrected chi connectivity index (χ3v) is 3.83. The van der Waals surface area contributed by atoms with Gasteiger partial charge in [-0.05, 0) is 39.2 Å². The molecule has 0 spiro atoms. The molecule has 22 heavy (non-hydrogen) atoms. The fraction of sp³-hybridized carbons (Fsp3) is 0.333. The molecule has 0 fully saturated rings. The first-order valence-electron chi connectivity index (χ1n) is 6.97. The average molecular weight is 339 g/mol. The molecule has 2 heterocycles. The normalized spacial score (nSPS) is 12.9. The standard InChI is InChI=1S/C15H16Cl2N4O/c1-20(2)6-3-7-21-11-5-4-10(16)8-13(11)22-15-12(21)9-14(17)18-19-15/h4-5,8-9H,3,6-7H2,1-2H3. The zero-order valence-electron chi connectivity index (χ0n) is 12.4. The Balaban J connectivity index is 1.97. The Morgan fingerprint density at radius 3 is 2.73 bits per heavy atom. The Hall–Kier alpha value is -1.56. The second-order valence-corrected chi connectivity index (χ2v) is 6.20. The predicted octanol–water partition coefficient (Wildman–Crippen LogP) is 3.98. The van der Waals surface area contributed by atoms with Crippen LogP contribution in [0.2, 0.25) is 10.2 Å². The number of aromatic nitrogens is 2. The van der Waals surface area contributed by atoms with Gasteiger partial charge in [0.2, 0.25) is 0 Å². The maximum Gasteiger partial charge on any atom is 0.263 e. The topological polar surface area (TPSA) is 41.5 Å². The predicted molar refractivity (Wildman–Crippen MR) is 88.7 cm³/mol. The van der Waals surface area contributed by atoms with Crippen molar-refractivity contribution in [2.45, 2.75) is 6.42 Å². The number of ether oxygens (including phenoxy) is 1. The quantitative estimate of drug-likeness (QED) is 0.843. The Morgan fingerprint density at radius 2 is 1.95 bits per heavy atom. The van der Waals surface area contributed by atoms with Gasteiger partial charge in [0.15, 0.2) is 10.9 Å². The zero-order chi connectivity index (χ0) is 15.7. The molecule has 1 aliphatic heterocycles. The molecular weight excluding hydrogens is 323 g/mol. The first-order chi connectivity index (χ1) is 10.5. The van der Waals surface area contributed by atoms with E-state index in [1.54, 1.807) is 12.1 Å². The van der Waals surface area contributed by atoms with Crippen molar-refractivity contribution in [2.75, 3.05) is 32.1 Å². The zero-order valence-corrected chi connectivity index (χ0v) is 13.9. The van der Waals surface area contributed by atoms with Crippen LogP contribution in [0.15, 0.2) is 24.3 Å². The summed E-state index contributed by atoms with van der Waals surface area (Å²) in [6.45, 7) is 1.81. The second kappa shape index (κ2) is 6.28. The second-order valence-electron chi connectivity index (χ2n) is 5.38. The molecule has 116 valence electrons. The van der Waals surface area contributed by atoms with Crippen LogP contribution < -0.4 is 9.64 Å². The molecule has 1 aromatic heterocycles. The summed E-state index contributed by atoms with van der Waals surface area (Å²) in [5.74, 6) is 1.13. The van der Waals surface area contributed by atoms with Gasteiger partial charge in [-0.15, -0.1) is 10.2 Å². The molecule has 0 saturated heterocycles. The summed E-state index contributed by atoms with van der Waals surface area (Å²) >= 11 is 12.1. The molecule has 0 unspecified atom stereocenters. The highest BCUT2D eigenvalue weighted by Crippen LogP contribution is 2.46. The van der Waals surface area contributed by atoms with E-state index >= 15 is 0 Å². The lowest BCUT2D eigenvalue weighted by Gasteiger charge is -2.32. The van der Waals surface area contributed by atoms with Crippen LogP contribution >= 0.6 is 23.2 Å². The third kappa shape index (κ3) is 3.11. The molecule has 1 aliphatic rings. The van der Waals surface area contributed by atoms with Gasteiger partial charge in [-0.25, -0.2) is 0 Å². The number of benzene rings is 1. The van der Waals surface area contributed by atoms with Gasteiger partial charge >= 0.3 is 0 Å². The van der Waals surface area contributed by atoms with Crippen molar-refractivity contribution >= 4 is 34.6 Å². The van der Waals surface area contributed by atoms with Crippen molar-refractivity contribution in [2.24, 2.45) is 0 Å². The first-order valence-corrected chi connectivity index (χ1v) is 7.73. The van der Waals surface area contributed by atoms with E-state index in [2.05, 4.69) is 34.1 Å². The van der Waals surface area contributed by atoms with Crippen LogP contribution in [-0.4, -0.2) is 42.3 Å². The Morgan fingerprint density at radius 1 is 1.14 bits per heavy atom. The van der Waals surface area contributed by atoms with Gasteiger partial charge in [-0.3, -0.25) is 0 Å². The molecule has 3 rings (SSSR count). The minimum atomic E-state index is 0.345. The van der Waals surface area contributed by atoms with Gasteiger partial charge in [-0.1, -0.05) is 23.2 Å². The van der Waals surface area contributed by atoms with E-state index in [0.717, 1.165) is 30.9 Å². The highest BCUT2D eigenvalue weighted by Gasteiger charge is 2.26. The van der Waals surface area contributed by atoms with Gasteiger partial charge in [0.25, 0.3) is 5.88 Å². The SMILES string of the molecule is CN(C)CCCN1c2ccc(Cl)cc2Oc2nnc(Cl)cc21. The van der Waals surface area contributed by atoms with Gasteiger partial charge < -0.3 is 14.5 Å². The lowest BCUT2D eigenvalue weighted by molar-refractivity contribution is 0.399. The summed E-state index contributed by atoms with van der Waals surface area (Å²) in [6.07, 6.45) is 0.994. The molecule has 0 saturated carbocycles. The number of fused-ring (bicyclic) bond motifs is 2. The number of halogens is 2. The molecule has 0 N–H and O–H groups in total. The lowest BCUT2D eigenvalue weighted by Crippen LogP contribution is -2.26. The molecular formula is C15H16Cl2N4O. The van der Waals surface area contributed by atoms with Crippen LogP contribution in [0, 0.1) is 0 Å². The van der Waals surface area contributed by atoms with E-state index in [0.29, 0.717) is 21.8 Å². The smallest absolute Gasteiger partial charge is 0.263 e. The number of anilines is 2. The van der Waals surface area contributed by atoms with Gasteiger partial charge in [0.1, 0.15) is 5.69 Å². The fourth-order valence-corrected chi connectivity index (χ4v) is 2.73. The number of nitrogens with zero attached hydrogens (tertiary/aromatic N) is 4. The Labute approximate surface area is 139 Å². The molecule has 0 radical (unpaired) electrons. The van der Waals surface area contributed by atoms with Crippen LogP contribution in [0.4, 0.5) is 11.4 Å². The molecule has 0 aliphatic carbocycles. The van der Waals surface area contributed by atoms with Crippen molar-refractivity contribution in [3.8, 4) is 11.6 Å². The monoisotopic (exact) mass is 338 g/mol. The molecule has 0 atom stereocenters. The van der Waals surface area contributed by atoms with Gasteiger partial charge in [-0.2, -0.15) is 0 Å². The van der Waals surface area contributed by atoms with Crippen molar-refractivity contribution in [1.29, 1.82) is 0 Å². The summed E-state index contributed by atoms with van der Waals surface area (Å²) in [7, 11) is 4.12. The number of hydrogen-bond donors (Lipinski definition) is 0. The van der Waals surface area contributed by atoms with Gasteiger partial charge in [0, 0.05) is 23.7 Å². The van der Waals surface area contributed by atoms with Crippen molar-refractivity contribution < 1.29 is 4.74 Å². The summed E-state index contributed by atoms with van der Waals surface area (Å²) in [6, 6.07) is 7.36. The number of rotatable bonds is 4. The molecule has 1 aromatic carbocycles. The van der Waals surface area contributed by atoms with E-state index in [9.17, 15) is 0 Å². The molecule has 0 amide bonds. The van der Waals surface area contributed by atoms with E-state index in [4.69, 9.17) is 27.9 Å². The van der Waals surface area contributed by atoms with Gasteiger partial charge in [0.05, 0.1) is 5.69 Å². The van der Waals surface area contributed by atoms with Crippen LogP contribution in [0.3, 0.4) is 0 Å². The van der Waals surface area contributed by atoms with Crippen LogP contribution in [0.5, 0.6) is 11.6 Å². The molecule has 7 heteroatoms. The Kier molecular flexibility index (Phi) is 4.38. The van der Waals surface area contributed by atoms with E-state index < -0.39 is 0 Å². The largest absolute Gasteiger partial charge is 0.434 e. The van der Waals surface area contributed by atoms with Crippen LogP contribution in [-0.2, 0) is 0 Å². The third-order valence-electron chi connectivity index (χ3n) is 3.41.